The first-order valence-corrected chi connectivity index (χ1v) is 15.3. The lowest BCUT2D eigenvalue weighted by Crippen LogP contribution is -2.29. The molecule has 1 unspecified atom stereocenters. The molecule has 0 spiro atoms. The number of carbonyl (C=O) groups excluding carboxylic acids is 2. The molecule has 1 fully saturated rings. The molecule has 2 N–H and O–H groups in total. The summed E-state index contributed by atoms with van der Waals surface area (Å²) in [6, 6.07) is 16.1. The molecule has 2 heterocycles. The molecular weight excluding hydrogens is 593 g/mol. The molecule has 1 aliphatic heterocycles. The molecule has 0 saturated carbocycles. The summed E-state index contributed by atoms with van der Waals surface area (Å²) in [5.41, 5.74) is 1.47. The topological polar surface area (TPSA) is 122 Å². The van der Waals surface area contributed by atoms with Gasteiger partial charge in [-0.05, 0) is 73.0 Å². The molecule has 222 valence electrons. The fraction of sp³-hybridized carbons (Fsp3) is 0.226. The predicted molar refractivity (Wildman–Crippen MR) is 162 cm³/mol. The first kappa shape index (κ1) is 30.1. The van der Waals surface area contributed by atoms with E-state index >= 15 is 0 Å². The van der Waals surface area contributed by atoms with Crippen LogP contribution in [0.1, 0.15) is 43.0 Å². The number of anilines is 1. The Kier molecular flexibility index (Phi) is 9.27. The van der Waals surface area contributed by atoms with E-state index in [1.807, 2.05) is 6.92 Å². The molecule has 12 heteroatoms. The molecule has 1 aliphatic rings. The first-order chi connectivity index (χ1) is 20.8. The van der Waals surface area contributed by atoms with E-state index in [-0.39, 0.29) is 40.4 Å². The number of benzene rings is 3. The van der Waals surface area contributed by atoms with Crippen LogP contribution in [-0.4, -0.2) is 45.3 Å². The van der Waals surface area contributed by atoms with Gasteiger partial charge in [0.1, 0.15) is 17.3 Å². The van der Waals surface area contributed by atoms with E-state index in [1.54, 1.807) is 49.4 Å². The number of hydrogen-bond acceptors (Lipinski definition) is 10. The predicted octanol–water partition coefficient (Wildman–Crippen LogP) is 6.49. The number of halogens is 1. The van der Waals surface area contributed by atoms with Gasteiger partial charge in [-0.3, -0.25) is 14.5 Å². The van der Waals surface area contributed by atoms with Crippen LogP contribution in [0.3, 0.4) is 0 Å². The molecule has 0 aliphatic carbocycles. The highest BCUT2D eigenvalue weighted by Crippen LogP contribution is 2.45. The van der Waals surface area contributed by atoms with Crippen molar-refractivity contribution in [2.24, 2.45) is 0 Å². The summed E-state index contributed by atoms with van der Waals surface area (Å²) < 4.78 is 25.0. The highest BCUT2D eigenvalue weighted by Gasteiger charge is 2.48. The van der Waals surface area contributed by atoms with Crippen LogP contribution in [0.2, 0.25) is 0 Å². The highest BCUT2D eigenvalue weighted by atomic mass is 32.2. The van der Waals surface area contributed by atoms with Gasteiger partial charge in [0.2, 0.25) is 5.13 Å². The molecule has 3 aromatic carbocycles. The van der Waals surface area contributed by atoms with Gasteiger partial charge in [0.05, 0.1) is 24.8 Å². The van der Waals surface area contributed by atoms with Crippen molar-refractivity contribution < 1.29 is 33.7 Å². The number of aromatic nitrogens is 2. The van der Waals surface area contributed by atoms with Gasteiger partial charge in [0.15, 0.2) is 15.8 Å². The number of nitrogens with zero attached hydrogens (tertiary/aromatic N) is 3. The van der Waals surface area contributed by atoms with Gasteiger partial charge < -0.3 is 19.7 Å². The zero-order chi connectivity index (χ0) is 30.5. The van der Waals surface area contributed by atoms with Gasteiger partial charge >= 0.3 is 5.91 Å². The maximum Gasteiger partial charge on any atom is 0.301 e. The van der Waals surface area contributed by atoms with Gasteiger partial charge in [-0.2, -0.15) is 0 Å². The van der Waals surface area contributed by atoms with Gasteiger partial charge in [-0.25, -0.2) is 4.39 Å². The number of phenols is 1. The van der Waals surface area contributed by atoms with Crippen LogP contribution in [0.5, 0.6) is 17.2 Å². The summed E-state index contributed by atoms with van der Waals surface area (Å²) in [6.45, 7) is 4.56. The molecular formula is C31H28FN3O6S2. The lowest BCUT2D eigenvalue weighted by molar-refractivity contribution is -0.132. The summed E-state index contributed by atoms with van der Waals surface area (Å²) in [5, 5.41) is 30.3. The van der Waals surface area contributed by atoms with Crippen LogP contribution in [0.4, 0.5) is 9.52 Å². The van der Waals surface area contributed by atoms with Crippen molar-refractivity contribution in [3.63, 3.8) is 0 Å². The van der Waals surface area contributed by atoms with Crippen LogP contribution in [0.15, 0.2) is 76.6 Å². The van der Waals surface area contributed by atoms with E-state index in [0.717, 1.165) is 23.3 Å². The third-order valence-corrected chi connectivity index (χ3v) is 8.65. The fourth-order valence-electron chi connectivity index (χ4n) is 4.49. The number of aliphatic hydroxyl groups excluding tert-OH is 1. The number of carbonyl (C=O) groups is 2. The number of aromatic hydroxyl groups is 1. The van der Waals surface area contributed by atoms with Crippen molar-refractivity contribution >= 4 is 45.7 Å². The molecule has 1 amide bonds. The van der Waals surface area contributed by atoms with Gasteiger partial charge in [0, 0.05) is 11.3 Å². The number of phenolic OH excluding ortho intramolecular Hbond substituents is 1. The molecule has 1 aromatic heterocycles. The Morgan fingerprint density at radius 3 is 2.47 bits per heavy atom. The summed E-state index contributed by atoms with van der Waals surface area (Å²) in [4.78, 5) is 28.3. The quantitative estimate of drug-likeness (QED) is 0.0636. The standard InChI is InChI=1S/C31H28FN3O6S2/c1-3-15-41-22-12-7-19(8-13-22)27(37)25-26(20-9-14-23(36)24(16-20)40-4-2)35(29(39)28(25)38)30-33-34-31(43-30)42-17-18-5-10-21(32)11-6-18/h5-14,16,26,36-37H,3-4,15,17H2,1-2H3/b27-25-. The smallest absolute Gasteiger partial charge is 0.301 e. The molecule has 5 rings (SSSR count). The van der Waals surface area contributed by atoms with Crippen molar-refractivity contribution in [2.45, 2.75) is 36.4 Å². The second kappa shape index (κ2) is 13.3. The van der Waals surface area contributed by atoms with Crippen molar-refractivity contribution in [2.75, 3.05) is 18.1 Å². The van der Waals surface area contributed by atoms with E-state index in [4.69, 9.17) is 9.47 Å². The van der Waals surface area contributed by atoms with Crippen molar-refractivity contribution in [1.82, 2.24) is 10.2 Å². The zero-order valence-electron chi connectivity index (χ0n) is 23.3. The Labute approximate surface area is 255 Å². The van der Waals surface area contributed by atoms with Gasteiger partial charge in [-0.1, -0.05) is 48.2 Å². The average molecular weight is 622 g/mol. The van der Waals surface area contributed by atoms with Gasteiger partial charge in [0.25, 0.3) is 5.78 Å². The minimum absolute atomic E-state index is 0.111. The van der Waals surface area contributed by atoms with Crippen molar-refractivity contribution in [3.05, 3.63) is 94.8 Å². The van der Waals surface area contributed by atoms with E-state index in [1.165, 1.54) is 40.9 Å². The second-order valence-electron chi connectivity index (χ2n) is 9.47. The largest absolute Gasteiger partial charge is 0.507 e. The third-order valence-electron chi connectivity index (χ3n) is 6.52. The van der Waals surface area contributed by atoms with Gasteiger partial charge in [-0.15, -0.1) is 10.2 Å². The minimum Gasteiger partial charge on any atom is -0.507 e. The van der Waals surface area contributed by atoms with E-state index in [2.05, 4.69) is 10.2 Å². The summed E-state index contributed by atoms with van der Waals surface area (Å²) in [5.74, 6) is -1.32. The number of ketones is 1. The lowest BCUT2D eigenvalue weighted by atomic mass is 9.95. The Balaban J connectivity index is 1.54. The summed E-state index contributed by atoms with van der Waals surface area (Å²) >= 11 is 2.46. The van der Waals surface area contributed by atoms with Crippen molar-refractivity contribution in [3.8, 4) is 17.2 Å². The Bertz CT molecular complexity index is 1660. The number of Topliss-reactive ketones (excluding diaryl/α,β-unsaturated/α-hetero) is 1. The number of ether oxygens (including phenoxy) is 2. The fourth-order valence-corrected chi connectivity index (χ4v) is 6.31. The Morgan fingerprint density at radius 2 is 1.77 bits per heavy atom. The minimum atomic E-state index is -1.08. The second-order valence-corrected chi connectivity index (χ2v) is 11.6. The number of aliphatic hydroxyl groups is 1. The molecule has 43 heavy (non-hydrogen) atoms. The number of hydrogen-bond donors (Lipinski definition) is 2. The lowest BCUT2D eigenvalue weighted by Gasteiger charge is -2.23. The summed E-state index contributed by atoms with van der Waals surface area (Å²) in [6.07, 6.45) is 0.833. The number of amides is 1. The zero-order valence-corrected chi connectivity index (χ0v) is 25.0. The first-order valence-electron chi connectivity index (χ1n) is 13.5. The molecule has 4 aromatic rings. The SMILES string of the molecule is CCCOc1ccc(/C(O)=C2/C(=O)C(=O)N(c3nnc(SCc4ccc(F)cc4)s3)C2c2ccc(O)c(OCC)c2)cc1. The van der Waals surface area contributed by atoms with E-state index in [0.29, 0.717) is 33.6 Å². The van der Waals surface area contributed by atoms with Crippen LogP contribution >= 0.6 is 23.1 Å². The van der Waals surface area contributed by atoms with Crippen LogP contribution < -0.4 is 14.4 Å². The number of rotatable bonds is 11. The third kappa shape index (κ3) is 6.50. The Morgan fingerprint density at radius 1 is 1.02 bits per heavy atom. The molecule has 0 bridgehead atoms. The molecule has 1 saturated heterocycles. The van der Waals surface area contributed by atoms with E-state index < -0.39 is 17.7 Å². The van der Waals surface area contributed by atoms with E-state index in [9.17, 15) is 24.2 Å². The summed E-state index contributed by atoms with van der Waals surface area (Å²) in [7, 11) is 0. The average Bonchev–Trinajstić information content (AvgIpc) is 3.58. The van der Waals surface area contributed by atoms with Crippen molar-refractivity contribution in [1.29, 1.82) is 0 Å². The van der Waals surface area contributed by atoms with Crippen LogP contribution in [-0.2, 0) is 15.3 Å². The maximum atomic E-state index is 13.5. The normalized spacial score (nSPS) is 16.1. The molecule has 9 nitrogen and oxygen atoms in total. The van der Waals surface area contributed by atoms with Crippen LogP contribution in [0, 0.1) is 5.82 Å². The monoisotopic (exact) mass is 621 g/mol. The Hall–Kier alpha value is -4.42. The highest BCUT2D eigenvalue weighted by molar-refractivity contribution is 8.00. The molecule has 1 atom stereocenters. The number of thioether (sulfide) groups is 1. The van der Waals surface area contributed by atoms with Crippen LogP contribution in [0.25, 0.3) is 5.76 Å². The maximum absolute atomic E-state index is 13.5. The molecule has 0 radical (unpaired) electrons.